The van der Waals surface area contributed by atoms with Crippen LogP contribution in [-0.2, 0) is 6.42 Å². The molecule has 0 spiro atoms. The third kappa shape index (κ3) is 1.59. The Labute approximate surface area is 87.3 Å². The van der Waals surface area contributed by atoms with Crippen molar-refractivity contribution < 1.29 is 0 Å². The maximum atomic E-state index is 11.5. The van der Waals surface area contributed by atoms with Crippen molar-refractivity contribution in [1.29, 1.82) is 0 Å². The van der Waals surface area contributed by atoms with Crippen LogP contribution in [0.3, 0.4) is 0 Å². The fraction of sp³-hybridized carbons (Fsp3) is 0.600. The van der Waals surface area contributed by atoms with Gasteiger partial charge in [-0.05, 0) is 30.1 Å². The van der Waals surface area contributed by atoms with E-state index in [2.05, 4.69) is 24.0 Å². The Morgan fingerprint density at radius 3 is 3.00 bits per heavy atom. The Morgan fingerprint density at radius 2 is 2.29 bits per heavy atom. The van der Waals surface area contributed by atoms with E-state index in [0.717, 1.165) is 29.2 Å². The average Bonchev–Trinajstić information content (AvgIpc) is 2.18. The van der Waals surface area contributed by atoms with Gasteiger partial charge in [0.1, 0.15) is 0 Å². The monoisotopic (exact) mass is 210 g/mol. The summed E-state index contributed by atoms with van der Waals surface area (Å²) in [5.74, 6) is 1.44. The Kier molecular flexibility index (Phi) is 2.63. The van der Waals surface area contributed by atoms with E-state index in [-0.39, 0.29) is 5.56 Å². The number of fused-ring (bicyclic) bond motifs is 1. The van der Waals surface area contributed by atoms with Gasteiger partial charge in [0.2, 0.25) is 0 Å². The summed E-state index contributed by atoms with van der Waals surface area (Å²) in [4.78, 5) is 12.4. The van der Waals surface area contributed by atoms with Crippen LogP contribution in [0.5, 0.6) is 0 Å². The summed E-state index contributed by atoms with van der Waals surface area (Å²) in [5, 5.41) is 6.72. The minimum Gasteiger partial charge on any atom is -0.267 e. The highest BCUT2D eigenvalue weighted by molar-refractivity contribution is 7.99. The molecule has 0 aromatic carbocycles. The summed E-state index contributed by atoms with van der Waals surface area (Å²) in [6, 6.07) is 0. The molecule has 2 rings (SSSR count). The molecular formula is C10H14N2OS. The Morgan fingerprint density at radius 1 is 1.50 bits per heavy atom. The molecule has 0 saturated heterocycles. The van der Waals surface area contributed by atoms with E-state index in [0.29, 0.717) is 5.92 Å². The molecule has 0 radical (unpaired) electrons. The minimum atomic E-state index is -0.0194. The van der Waals surface area contributed by atoms with Gasteiger partial charge in [-0.15, -0.1) is 11.8 Å². The summed E-state index contributed by atoms with van der Waals surface area (Å²) in [6.07, 6.45) is 2.16. The van der Waals surface area contributed by atoms with Crippen molar-refractivity contribution in [3.63, 3.8) is 0 Å². The van der Waals surface area contributed by atoms with Crippen LogP contribution in [0, 0.1) is 0 Å². The van der Waals surface area contributed by atoms with Crippen LogP contribution < -0.4 is 5.56 Å². The second-order valence-corrected chi connectivity index (χ2v) is 4.96. The van der Waals surface area contributed by atoms with Crippen molar-refractivity contribution >= 4 is 11.8 Å². The number of nitrogens with one attached hydrogen (secondary N) is 1. The van der Waals surface area contributed by atoms with Crippen molar-refractivity contribution in [1.82, 2.24) is 10.2 Å². The first kappa shape index (κ1) is 9.77. The summed E-state index contributed by atoms with van der Waals surface area (Å²) in [5.41, 5.74) is 2.22. The number of thioether (sulfide) groups is 1. The van der Waals surface area contributed by atoms with Crippen LogP contribution in [0.4, 0.5) is 0 Å². The van der Waals surface area contributed by atoms with E-state index in [1.807, 2.05) is 0 Å². The number of hydrogen-bond donors (Lipinski definition) is 1. The zero-order valence-corrected chi connectivity index (χ0v) is 9.28. The van der Waals surface area contributed by atoms with Gasteiger partial charge in [-0.25, -0.2) is 5.10 Å². The summed E-state index contributed by atoms with van der Waals surface area (Å²) in [6.45, 7) is 4.22. The summed E-state index contributed by atoms with van der Waals surface area (Å²) in [7, 11) is 0. The fourth-order valence-corrected chi connectivity index (χ4v) is 2.83. The zero-order chi connectivity index (χ0) is 10.1. The van der Waals surface area contributed by atoms with Gasteiger partial charge in [0.25, 0.3) is 5.56 Å². The first-order valence-corrected chi connectivity index (χ1v) is 5.93. The van der Waals surface area contributed by atoms with Crippen LogP contribution in [0.25, 0.3) is 0 Å². The molecule has 1 aliphatic rings. The lowest BCUT2D eigenvalue weighted by Crippen LogP contribution is -2.20. The lowest BCUT2D eigenvalue weighted by Gasteiger charge is -2.18. The zero-order valence-electron chi connectivity index (χ0n) is 8.46. The SMILES string of the molecule is CC(C)c1n[nH]c(=O)c2c1CCCS2. The average molecular weight is 210 g/mol. The minimum absolute atomic E-state index is 0.0194. The molecule has 0 fully saturated rings. The Hall–Kier alpha value is -0.770. The largest absolute Gasteiger partial charge is 0.278 e. The molecule has 0 atom stereocenters. The van der Waals surface area contributed by atoms with Gasteiger partial charge in [0.05, 0.1) is 10.6 Å². The van der Waals surface area contributed by atoms with E-state index in [1.54, 1.807) is 11.8 Å². The van der Waals surface area contributed by atoms with Crippen molar-refractivity contribution in [2.45, 2.75) is 37.5 Å². The van der Waals surface area contributed by atoms with Gasteiger partial charge in [-0.2, -0.15) is 5.10 Å². The van der Waals surface area contributed by atoms with Crippen molar-refractivity contribution in [2.24, 2.45) is 0 Å². The first-order valence-electron chi connectivity index (χ1n) is 4.94. The van der Waals surface area contributed by atoms with Crippen LogP contribution in [0.15, 0.2) is 9.69 Å². The number of aromatic nitrogens is 2. The smallest absolute Gasteiger partial charge is 0.267 e. The molecule has 1 aliphatic heterocycles. The van der Waals surface area contributed by atoms with Gasteiger partial charge in [0.15, 0.2) is 0 Å². The number of H-pyrrole nitrogens is 1. The molecule has 0 unspecified atom stereocenters. The normalized spacial score (nSPS) is 15.6. The number of nitrogens with zero attached hydrogens (tertiary/aromatic N) is 1. The second kappa shape index (κ2) is 3.77. The molecule has 76 valence electrons. The van der Waals surface area contributed by atoms with Crippen LogP contribution in [0.1, 0.15) is 37.4 Å². The highest BCUT2D eigenvalue weighted by Gasteiger charge is 2.19. The quantitative estimate of drug-likeness (QED) is 0.770. The van der Waals surface area contributed by atoms with Gasteiger partial charge in [0, 0.05) is 0 Å². The number of rotatable bonds is 1. The van der Waals surface area contributed by atoms with E-state index in [1.165, 1.54) is 5.56 Å². The first-order chi connectivity index (χ1) is 6.70. The summed E-state index contributed by atoms with van der Waals surface area (Å²) >= 11 is 1.66. The highest BCUT2D eigenvalue weighted by Crippen LogP contribution is 2.30. The molecule has 4 heteroatoms. The number of hydrogen-bond acceptors (Lipinski definition) is 3. The van der Waals surface area contributed by atoms with Crippen molar-refractivity contribution in [2.75, 3.05) is 5.75 Å². The van der Waals surface area contributed by atoms with Gasteiger partial charge < -0.3 is 0 Å². The molecule has 2 heterocycles. The van der Waals surface area contributed by atoms with Gasteiger partial charge in [-0.1, -0.05) is 13.8 Å². The second-order valence-electron chi connectivity index (χ2n) is 3.85. The van der Waals surface area contributed by atoms with E-state index >= 15 is 0 Å². The fourth-order valence-electron chi connectivity index (χ4n) is 1.78. The Balaban J connectivity index is 2.59. The summed E-state index contributed by atoms with van der Waals surface area (Å²) < 4.78 is 0. The molecule has 1 aromatic rings. The molecule has 0 bridgehead atoms. The van der Waals surface area contributed by atoms with E-state index in [9.17, 15) is 4.79 Å². The lowest BCUT2D eigenvalue weighted by atomic mass is 10.0. The van der Waals surface area contributed by atoms with Gasteiger partial charge >= 0.3 is 0 Å². The molecule has 0 saturated carbocycles. The van der Waals surface area contributed by atoms with Crippen molar-refractivity contribution in [3.8, 4) is 0 Å². The predicted molar refractivity (Wildman–Crippen MR) is 58.0 cm³/mol. The third-order valence-corrected chi connectivity index (χ3v) is 3.65. The molecule has 0 amide bonds. The molecule has 1 aromatic heterocycles. The van der Waals surface area contributed by atoms with Gasteiger partial charge in [-0.3, -0.25) is 4.79 Å². The topological polar surface area (TPSA) is 45.8 Å². The molecule has 0 aliphatic carbocycles. The standard InChI is InChI=1S/C10H14N2OS/c1-6(2)8-7-4-3-5-14-9(7)10(13)12-11-8/h6H,3-5H2,1-2H3,(H,12,13). The van der Waals surface area contributed by atoms with E-state index in [4.69, 9.17) is 0 Å². The number of aromatic amines is 1. The van der Waals surface area contributed by atoms with Crippen molar-refractivity contribution in [3.05, 3.63) is 21.6 Å². The molecular weight excluding hydrogens is 196 g/mol. The molecule has 1 N–H and O–H groups in total. The van der Waals surface area contributed by atoms with Crippen LogP contribution in [0.2, 0.25) is 0 Å². The highest BCUT2D eigenvalue weighted by atomic mass is 32.2. The predicted octanol–water partition coefficient (Wildman–Crippen LogP) is 1.93. The van der Waals surface area contributed by atoms with Crippen LogP contribution in [-0.4, -0.2) is 16.0 Å². The lowest BCUT2D eigenvalue weighted by molar-refractivity contribution is 0.715. The van der Waals surface area contributed by atoms with Crippen LogP contribution >= 0.6 is 11.8 Å². The maximum Gasteiger partial charge on any atom is 0.278 e. The maximum absolute atomic E-state index is 11.5. The molecule has 14 heavy (non-hydrogen) atoms. The van der Waals surface area contributed by atoms with E-state index < -0.39 is 0 Å². The Bertz CT molecular complexity index is 398. The third-order valence-electron chi connectivity index (χ3n) is 2.43. The molecule has 3 nitrogen and oxygen atoms in total.